The molecule has 0 bridgehead atoms. The molecule has 1 aromatic heterocycles. The minimum atomic E-state index is -0.867. The first-order valence-corrected chi connectivity index (χ1v) is 7.14. The van der Waals surface area contributed by atoms with E-state index in [9.17, 15) is 5.11 Å². The summed E-state index contributed by atoms with van der Waals surface area (Å²) in [5.41, 5.74) is 2.15. The normalized spacial score (nSPS) is 12.3. The average Bonchev–Trinajstić information content (AvgIpc) is 3.00. The van der Waals surface area contributed by atoms with Gasteiger partial charge in [0.05, 0.1) is 21.9 Å². The van der Waals surface area contributed by atoms with Crippen LogP contribution in [0, 0.1) is 0 Å². The molecule has 0 aliphatic rings. The van der Waals surface area contributed by atoms with Gasteiger partial charge in [-0.05, 0) is 18.2 Å². The Bertz CT molecular complexity index is 756. The highest BCUT2D eigenvalue weighted by atomic mass is 35.5. The monoisotopic (exact) mass is 318 g/mol. The Labute approximate surface area is 132 Å². The molecule has 106 valence electrons. The number of nitrogens with zero attached hydrogens (tertiary/aromatic N) is 2. The van der Waals surface area contributed by atoms with E-state index in [4.69, 9.17) is 23.2 Å². The van der Waals surface area contributed by atoms with E-state index in [0.29, 0.717) is 21.2 Å². The van der Waals surface area contributed by atoms with Gasteiger partial charge in [0.1, 0.15) is 6.10 Å². The van der Waals surface area contributed by atoms with Crippen molar-refractivity contribution in [3.63, 3.8) is 0 Å². The van der Waals surface area contributed by atoms with Crippen LogP contribution >= 0.6 is 23.2 Å². The van der Waals surface area contributed by atoms with Crippen molar-refractivity contribution in [2.24, 2.45) is 0 Å². The van der Waals surface area contributed by atoms with E-state index in [2.05, 4.69) is 5.10 Å². The minimum absolute atomic E-state index is 0.360. The molecular weight excluding hydrogens is 307 g/mol. The Balaban J connectivity index is 1.95. The molecule has 0 aliphatic heterocycles. The zero-order chi connectivity index (χ0) is 14.8. The number of para-hydroxylation sites is 1. The van der Waals surface area contributed by atoms with E-state index in [0.717, 1.165) is 5.69 Å². The van der Waals surface area contributed by atoms with Crippen LogP contribution in [0.15, 0.2) is 60.9 Å². The summed E-state index contributed by atoms with van der Waals surface area (Å²) in [6.45, 7) is 0. The molecule has 3 rings (SSSR count). The molecule has 5 heteroatoms. The van der Waals surface area contributed by atoms with Gasteiger partial charge in [0, 0.05) is 17.3 Å². The molecule has 0 saturated carbocycles. The fraction of sp³-hybridized carbons (Fsp3) is 0.0625. The van der Waals surface area contributed by atoms with Gasteiger partial charge in [-0.25, -0.2) is 4.68 Å². The molecule has 3 aromatic rings. The summed E-state index contributed by atoms with van der Waals surface area (Å²) in [6.07, 6.45) is 2.53. The van der Waals surface area contributed by atoms with Crippen LogP contribution < -0.4 is 0 Å². The molecule has 0 radical (unpaired) electrons. The van der Waals surface area contributed by atoms with Crippen LogP contribution in [0.25, 0.3) is 5.69 Å². The van der Waals surface area contributed by atoms with Gasteiger partial charge < -0.3 is 5.11 Å². The van der Waals surface area contributed by atoms with E-state index >= 15 is 0 Å². The average molecular weight is 319 g/mol. The summed E-state index contributed by atoms with van der Waals surface area (Å²) in [5, 5.41) is 15.5. The molecule has 0 spiro atoms. The lowest BCUT2D eigenvalue weighted by molar-refractivity contribution is 0.220. The molecule has 1 N–H and O–H groups in total. The summed E-state index contributed by atoms with van der Waals surface area (Å²) < 4.78 is 1.71. The highest BCUT2D eigenvalue weighted by Gasteiger charge is 2.17. The van der Waals surface area contributed by atoms with Gasteiger partial charge in [0.25, 0.3) is 0 Å². The van der Waals surface area contributed by atoms with Crippen molar-refractivity contribution in [1.29, 1.82) is 0 Å². The van der Waals surface area contributed by atoms with Crippen molar-refractivity contribution in [1.82, 2.24) is 9.78 Å². The van der Waals surface area contributed by atoms with Gasteiger partial charge in [-0.3, -0.25) is 0 Å². The van der Waals surface area contributed by atoms with E-state index in [-0.39, 0.29) is 0 Å². The number of hydrogen-bond acceptors (Lipinski definition) is 2. The Kier molecular flexibility index (Phi) is 3.97. The summed E-state index contributed by atoms with van der Waals surface area (Å²) in [7, 11) is 0. The maximum absolute atomic E-state index is 10.5. The lowest BCUT2D eigenvalue weighted by Gasteiger charge is -2.11. The van der Waals surface area contributed by atoms with E-state index in [1.54, 1.807) is 35.3 Å². The standard InChI is InChI=1S/C16H12Cl2N2O/c17-14-8-4-7-13(15(14)18)16(21)11-9-19-20(10-11)12-5-2-1-3-6-12/h1-10,16,21H. The van der Waals surface area contributed by atoms with Crippen LogP contribution in [0.1, 0.15) is 17.2 Å². The highest BCUT2D eigenvalue weighted by molar-refractivity contribution is 6.42. The van der Waals surface area contributed by atoms with Crippen molar-refractivity contribution in [3.05, 3.63) is 82.1 Å². The zero-order valence-electron chi connectivity index (χ0n) is 10.9. The van der Waals surface area contributed by atoms with Crippen LogP contribution in [-0.4, -0.2) is 14.9 Å². The fourth-order valence-corrected chi connectivity index (χ4v) is 2.52. The number of halogens is 2. The third-order valence-corrected chi connectivity index (χ3v) is 4.05. The topological polar surface area (TPSA) is 38.1 Å². The predicted octanol–water partition coefficient (Wildman–Crippen LogP) is 4.26. The van der Waals surface area contributed by atoms with Crippen LogP contribution in [0.3, 0.4) is 0 Å². The largest absolute Gasteiger partial charge is 0.383 e. The predicted molar refractivity (Wildman–Crippen MR) is 84.1 cm³/mol. The second-order valence-electron chi connectivity index (χ2n) is 4.60. The minimum Gasteiger partial charge on any atom is -0.383 e. The quantitative estimate of drug-likeness (QED) is 0.783. The molecule has 1 heterocycles. The summed E-state index contributed by atoms with van der Waals surface area (Å²) in [5.74, 6) is 0. The molecule has 3 nitrogen and oxygen atoms in total. The highest BCUT2D eigenvalue weighted by Crippen LogP contribution is 2.33. The molecule has 2 aromatic carbocycles. The number of benzene rings is 2. The smallest absolute Gasteiger partial charge is 0.109 e. The van der Waals surface area contributed by atoms with Gasteiger partial charge in [0.15, 0.2) is 0 Å². The lowest BCUT2D eigenvalue weighted by atomic mass is 10.0. The van der Waals surface area contributed by atoms with E-state index in [1.165, 1.54) is 0 Å². The zero-order valence-corrected chi connectivity index (χ0v) is 12.5. The number of hydrogen-bond donors (Lipinski definition) is 1. The SMILES string of the molecule is OC(c1cnn(-c2ccccc2)c1)c1cccc(Cl)c1Cl. The molecular formula is C16H12Cl2N2O. The third-order valence-electron chi connectivity index (χ3n) is 3.22. The van der Waals surface area contributed by atoms with Gasteiger partial charge >= 0.3 is 0 Å². The van der Waals surface area contributed by atoms with Gasteiger partial charge in [-0.2, -0.15) is 5.10 Å². The number of aromatic nitrogens is 2. The van der Waals surface area contributed by atoms with Gasteiger partial charge in [-0.15, -0.1) is 0 Å². The first-order valence-electron chi connectivity index (χ1n) is 6.39. The van der Waals surface area contributed by atoms with E-state index < -0.39 is 6.10 Å². The third kappa shape index (κ3) is 2.81. The molecule has 0 amide bonds. The fourth-order valence-electron chi connectivity index (χ4n) is 2.11. The lowest BCUT2D eigenvalue weighted by Crippen LogP contribution is -2.00. The summed E-state index contributed by atoms with van der Waals surface area (Å²) >= 11 is 12.1. The van der Waals surface area contributed by atoms with Crippen LogP contribution in [0.4, 0.5) is 0 Å². The molecule has 1 atom stereocenters. The summed E-state index contributed by atoms with van der Waals surface area (Å²) in [4.78, 5) is 0. The van der Waals surface area contributed by atoms with Crippen molar-refractivity contribution >= 4 is 23.2 Å². The molecule has 0 fully saturated rings. The van der Waals surface area contributed by atoms with Crippen LogP contribution in [0.2, 0.25) is 10.0 Å². The van der Waals surface area contributed by atoms with Crippen molar-refractivity contribution < 1.29 is 5.11 Å². The van der Waals surface area contributed by atoms with Crippen LogP contribution in [0.5, 0.6) is 0 Å². The number of aliphatic hydroxyl groups is 1. The number of rotatable bonds is 3. The Morgan fingerprint density at radius 2 is 1.76 bits per heavy atom. The molecule has 1 unspecified atom stereocenters. The van der Waals surface area contributed by atoms with Crippen molar-refractivity contribution in [3.8, 4) is 5.69 Å². The maximum Gasteiger partial charge on any atom is 0.109 e. The van der Waals surface area contributed by atoms with Gasteiger partial charge in [0.2, 0.25) is 0 Å². The first-order chi connectivity index (χ1) is 10.2. The molecule has 0 aliphatic carbocycles. The Morgan fingerprint density at radius 3 is 2.52 bits per heavy atom. The second kappa shape index (κ2) is 5.90. The Morgan fingerprint density at radius 1 is 1.00 bits per heavy atom. The summed E-state index contributed by atoms with van der Waals surface area (Å²) in [6, 6.07) is 14.9. The number of aliphatic hydroxyl groups excluding tert-OH is 1. The Hall–Kier alpha value is -1.81. The first kappa shape index (κ1) is 14.1. The van der Waals surface area contributed by atoms with Crippen molar-refractivity contribution in [2.45, 2.75) is 6.10 Å². The van der Waals surface area contributed by atoms with Crippen molar-refractivity contribution in [2.75, 3.05) is 0 Å². The van der Waals surface area contributed by atoms with E-state index in [1.807, 2.05) is 30.3 Å². The maximum atomic E-state index is 10.5. The molecule has 0 saturated heterocycles. The van der Waals surface area contributed by atoms with Crippen LogP contribution in [-0.2, 0) is 0 Å². The second-order valence-corrected chi connectivity index (χ2v) is 5.38. The van der Waals surface area contributed by atoms with Gasteiger partial charge in [-0.1, -0.05) is 53.5 Å². The molecule has 21 heavy (non-hydrogen) atoms.